The van der Waals surface area contributed by atoms with Crippen molar-refractivity contribution >= 4 is 11.9 Å². The van der Waals surface area contributed by atoms with Gasteiger partial charge in [0.15, 0.2) is 0 Å². The lowest BCUT2D eigenvalue weighted by Crippen LogP contribution is -2.40. The minimum absolute atomic E-state index is 0.341. The van der Waals surface area contributed by atoms with E-state index in [1.807, 2.05) is 6.92 Å². The summed E-state index contributed by atoms with van der Waals surface area (Å²) >= 11 is 0. The number of aliphatic carboxylic acids is 1. The van der Waals surface area contributed by atoms with Crippen LogP contribution in [0.5, 0.6) is 5.75 Å². The van der Waals surface area contributed by atoms with E-state index in [-0.39, 0.29) is 5.91 Å². The second-order valence-electron chi connectivity index (χ2n) is 3.89. The van der Waals surface area contributed by atoms with Gasteiger partial charge in [-0.25, -0.2) is 4.79 Å². The largest absolute Gasteiger partial charge is 0.494 e. The molecule has 0 aromatic heterocycles. The average Bonchev–Trinajstić information content (AvgIpc) is 2.36. The van der Waals surface area contributed by atoms with Crippen LogP contribution in [0.4, 0.5) is 0 Å². The molecule has 0 aliphatic rings. The number of rotatable bonds is 5. The van der Waals surface area contributed by atoms with Gasteiger partial charge in [0.2, 0.25) is 0 Å². The Balaban J connectivity index is 2.89. The Kier molecular flexibility index (Phi) is 4.71. The molecule has 0 aliphatic carbocycles. The van der Waals surface area contributed by atoms with Gasteiger partial charge in [0, 0.05) is 12.6 Å². The van der Waals surface area contributed by atoms with Crippen LogP contribution >= 0.6 is 0 Å². The second kappa shape index (κ2) is 6.05. The Morgan fingerprint density at radius 3 is 2.67 bits per heavy atom. The fraction of sp³-hybridized carbons (Fsp3) is 0.385. The van der Waals surface area contributed by atoms with Crippen molar-refractivity contribution in [3.63, 3.8) is 0 Å². The molecule has 1 unspecified atom stereocenters. The molecule has 1 aromatic carbocycles. The second-order valence-corrected chi connectivity index (χ2v) is 3.89. The lowest BCUT2D eigenvalue weighted by Gasteiger charge is -2.21. The Morgan fingerprint density at radius 2 is 2.11 bits per heavy atom. The number of amides is 1. The molecule has 1 atom stereocenters. The van der Waals surface area contributed by atoms with Crippen molar-refractivity contribution in [1.82, 2.24) is 4.90 Å². The Morgan fingerprint density at radius 1 is 1.44 bits per heavy atom. The van der Waals surface area contributed by atoms with E-state index in [1.54, 1.807) is 24.3 Å². The zero-order valence-electron chi connectivity index (χ0n) is 10.7. The van der Waals surface area contributed by atoms with Gasteiger partial charge in [0.25, 0.3) is 5.91 Å². The summed E-state index contributed by atoms with van der Waals surface area (Å²) in [5, 5.41) is 8.87. The van der Waals surface area contributed by atoms with Crippen LogP contribution in [0.2, 0.25) is 0 Å². The van der Waals surface area contributed by atoms with Crippen molar-refractivity contribution in [1.29, 1.82) is 0 Å². The Hall–Kier alpha value is -2.04. The molecule has 98 valence electrons. The van der Waals surface area contributed by atoms with E-state index in [9.17, 15) is 9.59 Å². The fourth-order valence-corrected chi connectivity index (χ4v) is 1.43. The molecule has 0 radical (unpaired) electrons. The van der Waals surface area contributed by atoms with Gasteiger partial charge in [-0.2, -0.15) is 0 Å². The van der Waals surface area contributed by atoms with Crippen molar-refractivity contribution in [3.05, 3.63) is 29.8 Å². The van der Waals surface area contributed by atoms with Crippen molar-refractivity contribution in [2.75, 3.05) is 13.7 Å². The number of likely N-dealkylation sites (N-methyl/N-ethyl adjacent to an activating group) is 1. The van der Waals surface area contributed by atoms with Crippen molar-refractivity contribution in [2.24, 2.45) is 0 Å². The summed E-state index contributed by atoms with van der Waals surface area (Å²) < 4.78 is 5.30. The molecule has 1 amide bonds. The van der Waals surface area contributed by atoms with E-state index in [4.69, 9.17) is 9.84 Å². The van der Waals surface area contributed by atoms with Gasteiger partial charge in [-0.3, -0.25) is 4.79 Å². The number of carboxylic acids is 1. The third-order valence-electron chi connectivity index (χ3n) is 2.65. The van der Waals surface area contributed by atoms with Crippen LogP contribution < -0.4 is 4.74 Å². The molecular formula is C13H17NO4. The number of carbonyl (C=O) groups is 2. The van der Waals surface area contributed by atoms with Crippen molar-refractivity contribution in [2.45, 2.75) is 19.9 Å². The standard InChI is InChI=1S/C13H17NO4/c1-4-18-11-7-5-6-10(8-11)12(15)14(3)9(2)13(16)17/h5-9H,4H2,1-3H3,(H,16,17). The molecule has 0 spiro atoms. The van der Waals surface area contributed by atoms with Gasteiger partial charge in [-0.15, -0.1) is 0 Å². The molecule has 0 saturated heterocycles. The summed E-state index contributed by atoms with van der Waals surface area (Å²) in [7, 11) is 1.47. The molecule has 0 aliphatic heterocycles. The number of hydrogen-bond acceptors (Lipinski definition) is 3. The first-order valence-electron chi connectivity index (χ1n) is 5.70. The lowest BCUT2D eigenvalue weighted by atomic mass is 10.1. The van der Waals surface area contributed by atoms with Crippen LogP contribution in [0, 0.1) is 0 Å². The molecule has 5 heteroatoms. The highest BCUT2D eigenvalue weighted by molar-refractivity contribution is 5.96. The summed E-state index contributed by atoms with van der Waals surface area (Å²) in [5.41, 5.74) is 0.413. The lowest BCUT2D eigenvalue weighted by molar-refractivity contribution is -0.141. The highest BCUT2D eigenvalue weighted by Crippen LogP contribution is 2.15. The predicted molar refractivity (Wildman–Crippen MR) is 66.8 cm³/mol. The Bertz CT molecular complexity index is 444. The minimum Gasteiger partial charge on any atom is -0.494 e. The monoisotopic (exact) mass is 251 g/mol. The van der Waals surface area contributed by atoms with Crippen LogP contribution in [0.1, 0.15) is 24.2 Å². The van der Waals surface area contributed by atoms with E-state index in [1.165, 1.54) is 18.9 Å². The molecule has 0 bridgehead atoms. The first-order chi connectivity index (χ1) is 8.47. The molecule has 0 heterocycles. The number of carboxylic acid groups (broad SMARTS) is 1. The number of benzene rings is 1. The summed E-state index contributed by atoms with van der Waals surface area (Å²) in [6.45, 7) is 3.83. The third-order valence-corrected chi connectivity index (χ3v) is 2.65. The molecule has 18 heavy (non-hydrogen) atoms. The van der Waals surface area contributed by atoms with Crippen LogP contribution in [0.3, 0.4) is 0 Å². The van der Waals surface area contributed by atoms with Gasteiger partial charge in [0.05, 0.1) is 6.61 Å². The zero-order chi connectivity index (χ0) is 13.7. The van der Waals surface area contributed by atoms with Gasteiger partial charge in [-0.1, -0.05) is 6.07 Å². The molecule has 0 fully saturated rings. The van der Waals surface area contributed by atoms with Gasteiger partial charge < -0.3 is 14.7 Å². The van der Waals surface area contributed by atoms with Crippen molar-refractivity contribution < 1.29 is 19.4 Å². The highest BCUT2D eigenvalue weighted by Gasteiger charge is 2.22. The topological polar surface area (TPSA) is 66.8 Å². The highest BCUT2D eigenvalue weighted by atomic mass is 16.5. The van der Waals surface area contributed by atoms with Gasteiger partial charge in [0.1, 0.15) is 11.8 Å². The Labute approximate surface area is 106 Å². The quantitative estimate of drug-likeness (QED) is 0.863. The number of nitrogens with zero attached hydrogens (tertiary/aromatic N) is 1. The average molecular weight is 251 g/mol. The number of carbonyl (C=O) groups excluding carboxylic acids is 1. The first kappa shape index (κ1) is 14.0. The van der Waals surface area contributed by atoms with Crippen LogP contribution in [0.15, 0.2) is 24.3 Å². The van der Waals surface area contributed by atoms with E-state index in [2.05, 4.69) is 0 Å². The predicted octanol–water partition coefficient (Wildman–Crippen LogP) is 1.63. The maximum atomic E-state index is 12.1. The van der Waals surface area contributed by atoms with Crippen LogP contribution in [-0.2, 0) is 4.79 Å². The summed E-state index contributed by atoms with van der Waals surface area (Å²) in [6.07, 6.45) is 0. The van der Waals surface area contributed by atoms with E-state index < -0.39 is 12.0 Å². The van der Waals surface area contributed by atoms with E-state index >= 15 is 0 Å². The third kappa shape index (κ3) is 3.23. The molecule has 5 nitrogen and oxygen atoms in total. The number of hydrogen-bond donors (Lipinski definition) is 1. The van der Waals surface area contributed by atoms with Gasteiger partial charge >= 0.3 is 5.97 Å². The molecule has 1 aromatic rings. The minimum atomic E-state index is -1.04. The molecule has 1 N–H and O–H groups in total. The maximum absolute atomic E-state index is 12.1. The first-order valence-corrected chi connectivity index (χ1v) is 5.70. The van der Waals surface area contributed by atoms with Crippen LogP contribution in [-0.4, -0.2) is 41.6 Å². The van der Waals surface area contributed by atoms with E-state index in [0.29, 0.717) is 17.9 Å². The number of ether oxygens (including phenoxy) is 1. The molecule has 1 rings (SSSR count). The fourth-order valence-electron chi connectivity index (χ4n) is 1.43. The summed E-state index contributed by atoms with van der Waals surface area (Å²) in [5.74, 6) is -0.780. The summed E-state index contributed by atoms with van der Waals surface area (Å²) in [4.78, 5) is 24.1. The molecular weight excluding hydrogens is 234 g/mol. The maximum Gasteiger partial charge on any atom is 0.326 e. The van der Waals surface area contributed by atoms with Crippen LogP contribution in [0.25, 0.3) is 0 Å². The molecule has 0 saturated carbocycles. The van der Waals surface area contributed by atoms with Gasteiger partial charge in [-0.05, 0) is 32.0 Å². The summed E-state index contributed by atoms with van der Waals surface area (Å²) in [6, 6.07) is 5.83. The van der Waals surface area contributed by atoms with E-state index in [0.717, 1.165) is 0 Å². The SMILES string of the molecule is CCOc1cccc(C(=O)N(C)C(C)C(=O)O)c1. The normalized spacial score (nSPS) is 11.7. The van der Waals surface area contributed by atoms with Crippen molar-refractivity contribution in [3.8, 4) is 5.75 Å². The smallest absolute Gasteiger partial charge is 0.326 e. The zero-order valence-corrected chi connectivity index (χ0v) is 10.7.